The maximum atomic E-state index is 14.1. The molecule has 0 spiro atoms. The number of ether oxygens (including phenoxy) is 2. The lowest BCUT2D eigenvalue weighted by atomic mass is 10.1. The van der Waals surface area contributed by atoms with Gasteiger partial charge in [0.1, 0.15) is 23.9 Å². The highest BCUT2D eigenvalue weighted by molar-refractivity contribution is 7.89. The van der Waals surface area contributed by atoms with E-state index >= 15 is 0 Å². The Morgan fingerprint density at radius 3 is 2.13 bits per heavy atom. The number of hydrogen-bond donors (Lipinski definition) is 0. The number of carbonyl (C=O) groups is 1. The van der Waals surface area contributed by atoms with Crippen LogP contribution in [0.2, 0.25) is 0 Å². The summed E-state index contributed by atoms with van der Waals surface area (Å²) in [5.41, 5.74) is 3.18. The molecule has 0 aliphatic carbocycles. The number of nitrogens with zero attached hydrogens (tertiary/aromatic N) is 5. The highest BCUT2D eigenvalue weighted by Gasteiger charge is 2.30. The van der Waals surface area contributed by atoms with Gasteiger partial charge in [-0.3, -0.25) is 0 Å². The first kappa shape index (κ1) is 32.5. The van der Waals surface area contributed by atoms with Crippen LogP contribution < -0.4 is 9.64 Å². The van der Waals surface area contributed by atoms with Crippen molar-refractivity contribution in [3.05, 3.63) is 108 Å². The fourth-order valence-corrected chi connectivity index (χ4v) is 7.39. The van der Waals surface area contributed by atoms with Crippen LogP contribution in [0.4, 0.5) is 16.3 Å². The summed E-state index contributed by atoms with van der Waals surface area (Å²) in [6.07, 6.45) is 3.14. The minimum Gasteiger partial charge on any atom is -0.474 e. The molecule has 1 amide bonds. The second-order valence-corrected chi connectivity index (χ2v) is 14.9. The summed E-state index contributed by atoms with van der Waals surface area (Å²) in [6, 6.07) is 26.5. The molecule has 3 heterocycles. The van der Waals surface area contributed by atoms with E-state index in [9.17, 15) is 13.2 Å². The molecule has 0 radical (unpaired) electrons. The first-order valence-electron chi connectivity index (χ1n) is 16.0. The third kappa shape index (κ3) is 7.91. The Morgan fingerprint density at radius 1 is 0.872 bits per heavy atom. The van der Waals surface area contributed by atoms with E-state index in [1.165, 1.54) is 10.6 Å². The van der Waals surface area contributed by atoms with Crippen molar-refractivity contribution in [2.75, 3.05) is 24.5 Å². The molecule has 2 aliphatic heterocycles. The quantitative estimate of drug-likeness (QED) is 0.206. The van der Waals surface area contributed by atoms with Gasteiger partial charge in [-0.15, -0.1) is 0 Å². The monoisotopic (exact) mass is 655 g/mol. The molecule has 11 heteroatoms. The van der Waals surface area contributed by atoms with Gasteiger partial charge in [-0.2, -0.15) is 4.31 Å². The fourth-order valence-electron chi connectivity index (χ4n) is 5.92. The van der Waals surface area contributed by atoms with Gasteiger partial charge >= 0.3 is 6.09 Å². The number of amides is 1. The van der Waals surface area contributed by atoms with Crippen molar-refractivity contribution in [2.45, 2.75) is 69.7 Å². The number of benzene rings is 3. The minimum atomic E-state index is -3.81. The van der Waals surface area contributed by atoms with Crippen LogP contribution in [0.25, 0.3) is 0 Å². The lowest BCUT2D eigenvalue weighted by molar-refractivity contribution is 0.0123. The van der Waals surface area contributed by atoms with Gasteiger partial charge in [0, 0.05) is 57.3 Å². The average Bonchev–Trinajstić information content (AvgIpc) is 3.49. The van der Waals surface area contributed by atoms with Crippen molar-refractivity contribution in [1.82, 2.24) is 19.2 Å². The second-order valence-electron chi connectivity index (χ2n) is 12.9. The number of sulfonamides is 1. The molecule has 6 rings (SSSR count). The number of fused-ring (bicyclic) bond motifs is 1. The van der Waals surface area contributed by atoms with E-state index in [1.54, 1.807) is 17.0 Å². The summed E-state index contributed by atoms with van der Waals surface area (Å²) in [5, 5.41) is 0. The standard InChI is InChI=1S/C36H41N5O5S/c1-36(2,3)46-35(42)39-19-17-30(18-20-39)45-34-23-33(37-26-38-34)41-21-16-29-22-31(14-15-32(29)41)47(43,44)40(24-27-10-6-4-7-11-27)25-28-12-8-5-9-13-28/h4-15,22-23,26,30H,16-21,24-25H2,1-3H3. The summed E-state index contributed by atoms with van der Waals surface area (Å²) in [5.74, 6) is 1.15. The van der Waals surface area contributed by atoms with E-state index in [1.807, 2.05) is 93.6 Å². The Morgan fingerprint density at radius 2 is 1.51 bits per heavy atom. The van der Waals surface area contributed by atoms with Gasteiger partial charge in [0.05, 0.1) is 4.90 Å². The maximum Gasteiger partial charge on any atom is 0.410 e. The topological polar surface area (TPSA) is 105 Å². The number of rotatable bonds is 9. The van der Waals surface area contributed by atoms with Gasteiger partial charge < -0.3 is 19.3 Å². The van der Waals surface area contributed by atoms with E-state index in [0.29, 0.717) is 50.6 Å². The molecule has 0 unspecified atom stereocenters. The van der Waals surface area contributed by atoms with Crippen molar-refractivity contribution in [3.63, 3.8) is 0 Å². The van der Waals surface area contributed by atoms with Gasteiger partial charge in [0.15, 0.2) is 0 Å². The smallest absolute Gasteiger partial charge is 0.410 e. The normalized spacial score (nSPS) is 15.5. The Kier molecular flexibility index (Phi) is 9.47. The summed E-state index contributed by atoms with van der Waals surface area (Å²) in [7, 11) is -3.81. The van der Waals surface area contributed by atoms with Crippen LogP contribution in [-0.2, 0) is 34.3 Å². The summed E-state index contributed by atoms with van der Waals surface area (Å²) in [4.78, 5) is 25.3. The molecule has 10 nitrogen and oxygen atoms in total. The highest BCUT2D eigenvalue weighted by atomic mass is 32.2. The van der Waals surface area contributed by atoms with E-state index in [0.717, 1.165) is 22.4 Å². The molecule has 1 aromatic heterocycles. The van der Waals surface area contributed by atoms with Gasteiger partial charge in [-0.05, 0) is 62.1 Å². The van der Waals surface area contributed by atoms with Crippen LogP contribution in [0.5, 0.6) is 5.88 Å². The van der Waals surface area contributed by atoms with E-state index < -0.39 is 15.6 Å². The zero-order chi connectivity index (χ0) is 33.0. The maximum absolute atomic E-state index is 14.1. The number of hydrogen-bond acceptors (Lipinski definition) is 8. The zero-order valence-corrected chi connectivity index (χ0v) is 27.9. The van der Waals surface area contributed by atoms with Crippen LogP contribution in [0.3, 0.4) is 0 Å². The van der Waals surface area contributed by atoms with Crippen LogP contribution >= 0.6 is 0 Å². The summed E-state index contributed by atoms with van der Waals surface area (Å²) < 4.78 is 41.4. The SMILES string of the molecule is CC(C)(C)OC(=O)N1CCC(Oc2cc(N3CCc4cc(S(=O)(=O)N(Cc5ccccc5)Cc5ccccc5)ccc43)ncn2)CC1. The zero-order valence-electron chi connectivity index (χ0n) is 27.1. The van der Waals surface area contributed by atoms with Crippen molar-refractivity contribution in [3.8, 4) is 5.88 Å². The number of aromatic nitrogens is 2. The molecule has 47 heavy (non-hydrogen) atoms. The van der Waals surface area contributed by atoms with Gasteiger partial charge in [-0.25, -0.2) is 23.2 Å². The number of anilines is 2. The molecule has 1 saturated heterocycles. The largest absolute Gasteiger partial charge is 0.474 e. The molecule has 246 valence electrons. The molecule has 0 saturated carbocycles. The third-order valence-corrected chi connectivity index (χ3v) is 10.1. The summed E-state index contributed by atoms with van der Waals surface area (Å²) in [6.45, 7) is 7.88. The van der Waals surface area contributed by atoms with Crippen molar-refractivity contribution in [1.29, 1.82) is 0 Å². The molecule has 1 fully saturated rings. The predicted octanol–water partition coefficient (Wildman–Crippen LogP) is 6.34. The molecule has 0 atom stereocenters. The average molecular weight is 656 g/mol. The molecular formula is C36H41N5O5S. The van der Waals surface area contributed by atoms with Crippen LogP contribution in [-0.4, -0.2) is 65.0 Å². The number of likely N-dealkylation sites (tertiary alicyclic amines) is 1. The molecular weight excluding hydrogens is 614 g/mol. The van der Waals surface area contributed by atoms with E-state index in [2.05, 4.69) is 14.9 Å². The summed E-state index contributed by atoms with van der Waals surface area (Å²) >= 11 is 0. The van der Waals surface area contributed by atoms with Gasteiger partial charge in [0.2, 0.25) is 15.9 Å². The van der Waals surface area contributed by atoms with Crippen molar-refractivity contribution in [2.24, 2.45) is 0 Å². The van der Waals surface area contributed by atoms with Crippen molar-refractivity contribution < 1.29 is 22.7 Å². The first-order valence-corrected chi connectivity index (χ1v) is 17.4. The molecule has 0 N–H and O–H groups in total. The van der Waals surface area contributed by atoms with Crippen LogP contribution in [0.15, 0.2) is 96.2 Å². The predicted molar refractivity (Wildman–Crippen MR) is 180 cm³/mol. The number of piperidine rings is 1. The minimum absolute atomic E-state index is 0.0789. The molecule has 4 aromatic rings. The Bertz CT molecular complexity index is 1750. The van der Waals surface area contributed by atoms with Crippen LogP contribution in [0.1, 0.15) is 50.3 Å². The third-order valence-electron chi connectivity index (χ3n) is 8.27. The van der Waals surface area contributed by atoms with E-state index in [4.69, 9.17) is 9.47 Å². The molecule has 0 bridgehead atoms. The second kappa shape index (κ2) is 13.7. The first-order chi connectivity index (χ1) is 22.5. The Hall–Kier alpha value is -4.48. The lowest BCUT2D eigenvalue weighted by Crippen LogP contribution is -2.44. The van der Waals surface area contributed by atoms with E-state index in [-0.39, 0.29) is 30.2 Å². The van der Waals surface area contributed by atoms with Gasteiger partial charge in [0.25, 0.3) is 0 Å². The Balaban J connectivity index is 1.15. The Labute approximate surface area is 277 Å². The van der Waals surface area contributed by atoms with Crippen molar-refractivity contribution >= 4 is 27.6 Å². The lowest BCUT2D eigenvalue weighted by Gasteiger charge is -2.33. The fraction of sp³-hybridized carbons (Fsp3) is 0.361. The number of carbonyl (C=O) groups excluding carboxylic acids is 1. The molecule has 2 aliphatic rings. The van der Waals surface area contributed by atoms with Gasteiger partial charge in [-0.1, -0.05) is 60.7 Å². The van der Waals surface area contributed by atoms with Crippen LogP contribution in [0, 0.1) is 0 Å². The highest BCUT2D eigenvalue weighted by Crippen LogP contribution is 2.36. The molecule has 3 aromatic carbocycles.